The topological polar surface area (TPSA) is 119 Å². The number of carboxylic acid groups (broad SMARTS) is 1. The Morgan fingerprint density at radius 3 is 2.57 bits per heavy atom. The molecule has 114 valence electrons. The minimum Gasteiger partial charge on any atom is -0.496 e. The number of hydrogen-bond acceptors (Lipinski definition) is 4. The molecule has 0 radical (unpaired) electrons. The van der Waals surface area contributed by atoms with Crippen molar-refractivity contribution in [2.45, 2.75) is 25.8 Å². The predicted octanol–water partition coefficient (Wildman–Crippen LogP) is -0.00908. The SMILES string of the molecule is COc1ccc(C)cc1CC(=O)N[C@H](CC(N)=O)C(=O)O. The monoisotopic (exact) mass is 294 g/mol. The van der Waals surface area contributed by atoms with Crippen LogP contribution < -0.4 is 15.8 Å². The largest absolute Gasteiger partial charge is 0.496 e. The fourth-order valence-electron chi connectivity index (χ4n) is 1.87. The van der Waals surface area contributed by atoms with Gasteiger partial charge in [0.25, 0.3) is 0 Å². The summed E-state index contributed by atoms with van der Waals surface area (Å²) in [5.41, 5.74) is 6.54. The lowest BCUT2D eigenvalue weighted by Crippen LogP contribution is -2.43. The van der Waals surface area contributed by atoms with Crippen molar-refractivity contribution >= 4 is 17.8 Å². The molecule has 1 rings (SSSR count). The molecule has 0 fully saturated rings. The number of methoxy groups -OCH3 is 1. The molecule has 7 heteroatoms. The third-order valence-corrected chi connectivity index (χ3v) is 2.83. The normalized spacial score (nSPS) is 11.5. The summed E-state index contributed by atoms with van der Waals surface area (Å²) in [6.07, 6.45) is -0.501. The molecule has 0 unspecified atom stereocenters. The molecule has 0 aliphatic heterocycles. The molecule has 0 aliphatic carbocycles. The zero-order valence-corrected chi connectivity index (χ0v) is 11.9. The Labute approximate surface area is 122 Å². The highest BCUT2D eigenvalue weighted by molar-refractivity contribution is 5.89. The number of ether oxygens (including phenoxy) is 1. The number of carbonyl (C=O) groups is 3. The minimum atomic E-state index is -1.33. The lowest BCUT2D eigenvalue weighted by atomic mass is 10.1. The van der Waals surface area contributed by atoms with Crippen LogP contribution in [0.5, 0.6) is 5.75 Å². The van der Waals surface area contributed by atoms with Crippen molar-refractivity contribution in [2.24, 2.45) is 5.73 Å². The van der Waals surface area contributed by atoms with Crippen LogP contribution in [-0.2, 0) is 20.8 Å². The number of carbonyl (C=O) groups excluding carboxylic acids is 2. The molecule has 1 aromatic carbocycles. The van der Waals surface area contributed by atoms with Gasteiger partial charge in [-0.1, -0.05) is 17.7 Å². The van der Waals surface area contributed by atoms with Gasteiger partial charge in [0, 0.05) is 5.56 Å². The molecule has 21 heavy (non-hydrogen) atoms. The molecule has 0 saturated heterocycles. The van der Waals surface area contributed by atoms with Gasteiger partial charge in [0.05, 0.1) is 20.0 Å². The summed E-state index contributed by atoms with van der Waals surface area (Å²) >= 11 is 0. The van der Waals surface area contributed by atoms with E-state index in [1.807, 2.05) is 13.0 Å². The summed E-state index contributed by atoms with van der Waals surface area (Å²) in [5.74, 6) is -2.08. The van der Waals surface area contributed by atoms with E-state index in [1.54, 1.807) is 12.1 Å². The van der Waals surface area contributed by atoms with Crippen molar-refractivity contribution in [3.63, 3.8) is 0 Å². The number of hydrogen-bond donors (Lipinski definition) is 3. The van der Waals surface area contributed by atoms with E-state index in [0.29, 0.717) is 11.3 Å². The second kappa shape index (κ2) is 7.28. The molecule has 0 aromatic heterocycles. The van der Waals surface area contributed by atoms with Crippen LogP contribution in [-0.4, -0.2) is 36.0 Å². The summed E-state index contributed by atoms with van der Waals surface area (Å²) in [4.78, 5) is 33.6. The van der Waals surface area contributed by atoms with Crippen LogP contribution in [0.15, 0.2) is 18.2 Å². The third-order valence-electron chi connectivity index (χ3n) is 2.83. The van der Waals surface area contributed by atoms with E-state index in [2.05, 4.69) is 5.32 Å². The van der Waals surface area contributed by atoms with Gasteiger partial charge in [-0.3, -0.25) is 9.59 Å². The summed E-state index contributed by atoms with van der Waals surface area (Å²) in [5, 5.41) is 11.2. The van der Waals surface area contributed by atoms with E-state index in [1.165, 1.54) is 7.11 Å². The first-order valence-electron chi connectivity index (χ1n) is 6.27. The third kappa shape index (κ3) is 5.13. The van der Waals surface area contributed by atoms with E-state index in [-0.39, 0.29) is 6.42 Å². The number of nitrogens with one attached hydrogen (secondary N) is 1. The van der Waals surface area contributed by atoms with E-state index < -0.39 is 30.2 Å². The van der Waals surface area contributed by atoms with E-state index >= 15 is 0 Å². The molecule has 0 heterocycles. The first-order chi connectivity index (χ1) is 9.83. The Morgan fingerprint density at radius 1 is 1.38 bits per heavy atom. The highest BCUT2D eigenvalue weighted by atomic mass is 16.5. The number of primary amides is 1. The fraction of sp³-hybridized carbons (Fsp3) is 0.357. The molecular formula is C14H18N2O5. The maximum atomic E-state index is 11.9. The zero-order chi connectivity index (χ0) is 16.0. The standard InChI is InChI=1S/C14H18N2O5/c1-8-3-4-11(21-2)9(5-8)6-13(18)16-10(14(19)20)7-12(15)17/h3-5,10H,6-7H2,1-2H3,(H2,15,17)(H,16,18)(H,19,20)/t10-/m1/s1. The highest BCUT2D eigenvalue weighted by Gasteiger charge is 2.22. The molecule has 1 aromatic rings. The van der Waals surface area contributed by atoms with Gasteiger partial charge in [-0.2, -0.15) is 0 Å². The van der Waals surface area contributed by atoms with Gasteiger partial charge in [0.15, 0.2) is 0 Å². The molecule has 0 spiro atoms. The van der Waals surface area contributed by atoms with E-state index in [0.717, 1.165) is 5.56 Å². The van der Waals surface area contributed by atoms with Crippen LogP contribution in [0.4, 0.5) is 0 Å². The fourth-order valence-corrected chi connectivity index (χ4v) is 1.87. The molecule has 1 atom stereocenters. The molecule has 4 N–H and O–H groups in total. The van der Waals surface area contributed by atoms with Crippen LogP contribution in [0.2, 0.25) is 0 Å². The number of carboxylic acids is 1. The Hall–Kier alpha value is -2.57. The maximum Gasteiger partial charge on any atom is 0.326 e. The Kier molecular flexibility index (Phi) is 5.71. The average molecular weight is 294 g/mol. The number of amides is 2. The Bertz CT molecular complexity index is 556. The molecule has 0 saturated carbocycles. The maximum absolute atomic E-state index is 11.9. The molecule has 2 amide bonds. The van der Waals surface area contributed by atoms with Crippen molar-refractivity contribution < 1.29 is 24.2 Å². The van der Waals surface area contributed by atoms with Gasteiger partial charge in [0.2, 0.25) is 11.8 Å². The van der Waals surface area contributed by atoms with Crippen LogP contribution >= 0.6 is 0 Å². The number of aryl methyl sites for hydroxylation is 1. The van der Waals surface area contributed by atoms with E-state index in [9.17, 15) is 14.4 Å². The van der Waals surface area contributed by atoms with Crippen LogP contribution in [0.1, 0.15) is 17.5 Å². The number of nitrogens with two attached hydrogens (primary N) is 1. The van der Waals surface area contributed by atoms with Gasteiger partial charge in [-0.25, -0.2) is 4.79 Å². The summed E-state index contributed by atoms with van der Waals surface area (Å²) in [7, 11) is 1.49. The Balaban J connectivity index is 2.78. The van der Waals surface area contributed by atoms with Gasteiger partial charge in [-0.15, -0.1) is 0 Å². The lowest BCUT2D eigenvalue weighted by Gasteiger charge is -2.14. The predicted molar refractivity (Wildman–Crippen MR) is 74.8 cm³/mol. The number of rotatable bonds is 7. The van der Waals surface area contributed by atoms with Gasteiger partial charge in [0.1, 0.15) is 11.8 Å². The first kappa shape index (κ1) is 16.5. The molecule has 0 aliphatic rings. The lowest BCUT2D eigenvalue weighted by molar-refractivity contribution is -0.143. The van der Waals surface area contributed by atoms with Crippen molar-refractivity contribution in [2.75, 3.05) is 7.11 Å². The van der Waals surface area contributed by atoms with Crippen molar-refractivity contribution in [1.29, 1.82) is 0 Å². The summed E-state index contributed by atoms with van der Waals surface area (Å²) in [6, 6.07) is 4.02. The van der Waals surface area contributed by atoms with Crippen molar-refractivity contribution in [3.05, 3.63) is 29.3 Å². The second-order valence-corrected chi connectivity index (χ2v) is 4.62. The van der Waals surface area contributed by atoms with Gasteiger partial charge >= 0.3 is 5.97 Å². The first-order valence-corrected chi connectivity index (χ1v) is 6.27. The molecule has 0 bridgehead atoms. The molecule has 7 nitrogen and oxygen atoms in total. The van der Waals surface area contributed by atoms with Crippen LogP contribution in [0, 0.1) is 6.92 Å². The van der Waals surface area contributed by atoms with Crippen LogP contribution in [0.3, 0.4) is 0 Å². The van der Waals surface area contributed by atoms with Gasteiger partial charge < -0.3 is 20.9 Å². The van der Waals surface area contributed by atoms with E-state index in [4.69, 9.17) is 15.6 Å². The summed E-state index contributed by atoms with van der Waals surface area (Å²) in [6.45, 7) is 1.87. The molecular weight excluding hydrogens is 276 g/mol. The second-order valence-electron chi connectivity index (χ2n) is 4.62. The highest BCUT2D eigenvalue weighted by Crippen LogP contribution is 2.20. The quantitative estimate of drug-likeness (QED) is 0.653. The van der Waals surface area contributed by atoms with Crippen molar-refractivity contribution in [1.82, 2.24) is 5.32 Å². The average Bonchev–Trinajstić information content (AvgIpc) is 2.37. The number of aliphatic carboxylic acids is 1. The number of benzene rings is 1. The smallest absolute Gasteiger partial charge is 0.326 e. The van der Waals surface area contributed by atoms with Gasteiger partial charge in [-0.05, 0) is 13.0 Å². The Morgan fingerprint density at radius 2 is 2.05 bits per heavy atom. The minimum absolute atomic E-state index is 0.0482. The zero-order valence-electron chi connectivity index (χ0n) is 11.9. The van der Waals surface area contributed by atoms with Crippen molar-refractivity contribution in [3.8, 4) is 5.75 Å². The van der Waals surface area contributed by atoms with Crippen LogP contribution in [0.25, 0.3) is 0 Å². The summed E-state index contributed by atoms with van der Waals surface area (Å²) < 4.78 is 5.15.